The van der Waals surface area contributed by atoms with Crippen LogP contribution in [0.3, 0.4) is 0 Å². The van der Waals surface area contributed by atoms with Crippen LogP contribution in [0, 0.1) is 34.6 Å². The summed E-state index contributed by atoms with van der Waals surface area (Å²) >= 11 is 0. The summed E-state index contributed by atoms with van der Waals surface area (Å²) < 4.78 is 11.4. The second kappa shape index (κ2) is 8.73. The van der Waals surface area contributed by atoms with Gasteiger partial charge in [0, 0.05) is 17.1 Å². The highest BCUT2D eigenvalue weighted by Crippen LogP contribution is 2.26. The first-order valence-corrected chi connectivity index (χ1v) is 9.41. The van der Waals surface area contributed by atoms with Crippen LogP contribution in [0.1, 0.15) is 28.1 Å². The topological polar surface area (TPSA) is 73.3 Å². The Morgan fingerprint density at radius 2 is 1.52 bits per heavy atom. The van der Waals surface area contributed by atoms with E-state index in [9.17, 15) is 4.79 Å². The number of carbonyl (C=O) groups excluding carboxylic acids is 1. The summed E-state index contributed by atoms with van der Waals surface area (Å²) in [5.74, 6) is 1.13. The van der Waals surface area contributed by atoms with E-state index in [1.54, 1.807) is 24.3 Å². The molecule has 1 amide bonds. The van der Waals surface area contributed by atoms with Crippen LogP contribution in [0.2, 0.25) is 0 Å². The predicted octanol–water partition coefficient (Wildman–Crippen LogP) is 4.83. The van der Waals surface area contributed by atoms with E-state index < -0.39 is 0 Å². The average molecular weight is 391 g/mol. The summed E-state index contributed by atoms with van der Waals surface area (Å²) in [5, 5.41) is 2.82. The number of hydrogen-bond acceptors (Lipinski definition) is 5. The van der Waals surface area contributed by atoms with Gasteiger partial charge >= 0.3 is 6.01 Å². The lowest BCUT2D eigenvalue weighted by Gasteiger charge is -2.14. The molecule has 150 valence electrons. The fourth-order valence-corrected chi connectivity index (χ4v) is 2.93. The van der Waals surface area contributed by atoms with Crippen LogP contribution in [-0.2, 0) is 4.79 Å². The minimum Gasteiger partial charge on any atom is -0.483 e. The highest BCUT2D eigenvalue weighted by Gasteiger charge is 2.10. The molecule has 3 aromatic rings. The van der Waals surface area contributed by atoms with E-state index in [4.69, 9.17) is 9.47 Å². The molecular formula is C23H25N3O3. The molecule has 1 N–H and O–H groups in total. The molecule has 0 atom stereocenters. The Morgan fingerprint density at radius 3 is 2.17 bits per heavy atom. The van der Waals surface area contributed by atoms with Gasteiger partial charge in [0.15, 0.2) is 6.61 Å². The summed E-state index contributed by atoms with van der Waals surface area (Å²) in [5.41, 5.74) is 5.54. The second-order valence-electron chi connectivity index (χ2n) is 7.05. The van der Waals surface area contributed by atoms with E-state index in [2.05, 4.69) is 15.3 Å². The number of nitrogens with zero attached hydrogens (tertiary/aromatic N) is 2. The molecule has 2 aromatic carbocycles. The number of rotatable bonds is 6. The smallest absolute Gasteiger partial charge is 0.322 e. The van der Waals surface area contributed by atoms with E-state index in [1.165, 1.54) is 0 Å². The zero-order chi connectivity index (χ0) is 21.0. The van der Waals surface area contributed by atoms with Gasteiger partial charge in [-0.15, -0.1) is 0 Å². The van der Waals surface area contributed by atoms with E-state index >= 15 is 0 Å². The molecule has 0 spiro atoms. The van der Waals surface area contributed by atoms with E-state index in [0.717, 1.165) is 33.8 Å². The van der Waals surface area contributed by atoms with Gasteiger partial charge in [-0.05, 0) is 81.6 Å². The minimum absolute atomic E-state index is 0.0558. The highest BCUT2D eigenvalue weighted by atomic mass is 16.5. The number of benzene rings is 2. The van der Waals surface area contributed by atoms with Crippen LogP contribution in [-0.4, -0.2) is 22.5 Å². The van der Waals surface area contributed by atoms with Crippen molar-refractivity contribution in [3.63, 3.8) is 0 Å². The van der Waals surface area contributed by atoms with Gasteiger partial charge in [-0.3, -0.25) is 4.79 Å². The van der Waals surface area contributed by atoms with Crippen LogP contribution >= 0.6 is 0 Å². The Balaban J connectivity index is 1.58. The van der Waals surface area contributed by atoms with E-state index in [1.807, 2.05) is 52.8 Å². The molecule has 3 rings (SSSR count). The van der Waals surface area contributed by atoms with Crippen molar-refractivity contribution in [1.29, 1.82) is 0 Å². The molecule has 0 radical (unpaired) electrons. The van der Waals surface area contributed by atoms with Crippen molar-refractivity contribution in [2.75, 3.05) is 11.9 Å². The third-order valence-electron chi connectivity index (χ3n) is 4.53. The summed E-state index contributed by atoms with van der Waals surface area (Å²) in [6.07, 6.45) is 0. The summed E-state index contributed by atoms with van der Waals surface area (Å²) in [6.45, 7) is 9.71. The third kappa shape index (κ3) is 5.31. The molecule has 0 bridgehead atoms. The zero-order valence-corrected chi connectivity index (χ0v) is 17.4. The molecule has 0 aliphatic carbocycles. The van der Waals surface area contributed by atoms with Gasteiger partial charge in [-0.2, -0.15) is 0 Å². The fourth-order valence-electron chi connectivity index (χ4n) is 2.93. The maximum Gasteiger partial charge on any atom is 0.322 e. The SMILES string of the molecule is Cc1cc(C)nc(Oc2ccc(NC(=O)COc3c(C)ccc(C)c3C)cc2)n1. The van der Waals surface area contributed by atoms with Crippen LogP contribution in [0.4, 0.5) is 5.69 Å². The number of aromatic nitrogens is 2. The van der Waals surface area contributed by atoms with Crippen molar-refractivity contribution < 1.29 is 14.3 Å². The maximum absolute atomic E-state index is 12.3. The van der Waals surface area contributed by atoms with Gasteiger partial charge in [0.25, 0.3) is 5.91 Å². The molecule has 1 heterocycles. The third-order valence-corrected chi connectivity index (χ3v) is 4.53. The van der Waals surface area contributed by atoms with Crippen molar-refractivity contribution in [3.05, 3.63) is 70.5 Å². The number of ether oxygens (including phenoxy) is 2. The molecule has 1 aromatic heterocycles. The van der Waals surface area contributed by atoms with Crippen molar-refractivity contribution in [2.45, 2.75) is 34.6 Å². The van der Waals surface area contributed by atoms with Crippen LogP contribution in [0.5, 0.6) is 17.5 Å². The van der Waals surface area contributed by atoms with Crippen molar-refractivity contribution in [3.8, 4) is 17.5 Å². The van der Waals surface area contributed by atoms with E-state index in [-0.39, 0.29) is 12.5 Å². The summed E-state index contributed by atoms with van der Waals surface area (Å²) in [6, 6.07) is 13.3. The molecule has 0 aliphatic rings. The molecular weight excluding hydrogens is 366 g/mol. The second-order valence-corrected chi connectivity index (χ2v) is 7.05. The Kier molecular flexibility index (Phi) is 6.12. The summed E-state index contributed by atoms with van der Waals surface area (Å²) in [7, 11) is 0. The van der Waals surface area contributed by atoms with E-state index in [0.29, 0.717) is 17.4 Å². The number of carbonyl (C=O) groups is 1. The normalized spacial score (nSPS) is 10.5. The highest BCUT2D eigenvalue weighted by molar-refractivity contribution is 5.91. The molecule has 29 heavy (non-hydrogen) atoms. The molecule has 0 saturated heterocycles. The standard InChI is InChI=1S/C23H25N3O3/c1-14-6-7-15(2)22(18(14)5)28-13-21(27)26-19-8-10-20(11-9-19)29-23-24-16(3)12-17(4)25-23/h6-12H,13H2,1-5H3,(H,26,27). The first-order valence-electron chi connectivity index (χ1n) is 9.41. The lowest BCUT2D eigenvalue weighted by atomic mass is 10.1. The number of nitrogens with one attached hydrogen (secondary N) is 1. The van der Waals surface area contributed by atoms with Gasteiger partial charge in [-0.1, -0.05) is 12.1 Å². The van der Waals surface area contributed by atoms with Crippen molar-refractivity contribution >= 4 is 11.6 Å². The molecule has 6 nitrogen and oxygen atoms in total. The lowest BCUT2D eigenvalue weighted by Crippen LogP contribution is -2.20. The molecule has 0 unspecified atom stereocenters. The van der Waals surface area contributed by atoms with Crippen LogP contribution < -0.4 is 14.8 Å². The maximum atomic E-state index is 12.3. The first-order chi connectivity index (χ1) is 13.8. The Hall–Kier alpha value is -3.41. The zero-order valence-electron chi connectivity index (χ0n) is 17.4. The van der Waals surface area contributed by atoms with Gasteiger partial charge < -0.3 is 14.8 Å². The Morgan fingerprint density at radius 1 is 0.897 bits per heavy atom. The summed E-state index contributed by atoms with van der Waals surface area (Å²) in [4.78, 5) is 20.8. The number of amides is 1. The van der Waals surface area contributed by atoms with Gasteiger partial charge in [-0.25, -0.2) is 9.97 Å². The monoisotopic (exact) mass is 391 g/mol. The molecule has 0 fully saturated rings. The lowest BCUT2D eigenvalue weighted by molar-refractivity contribution is -0.118. The number of anilines is 1. The van der Waals surface area contributed by atoms with Gasteiger partial charge in [0.05, 0.1) is 0 Å². The first kappa shape index (κ1) is 20.3. The van der Waals surface area contributed by atoms with Crippen LogP contribution in [0.15, 0.2) is 42.5 Å². The van der Waals surface area contributed by atoms with Gasteiger partial charge in [0.2, 0.25) is 0 Å². The van der Waals surface area contributed by atoms with Gasteiger partial charge in [0.1, 0.15) is 11.5 Å². The molecule has 0 aliphatic heterocycles. The largest absolute Gasteiger partial charge is 0.483 e. The quantitative estimate of drug-likeness (QED) is 0.652. The van der Waals surface area contributed by atoms with Crippen LogP contribution in [0.25, 0.3) is 0 Å². The fraction of sp³-hybridized carbons (Fsp3) is 0.261. The molecule has 0 saturated carbocycles. The number of hydrogen-bond donors (Lipinski definition) is 1. The predicted molar refractivity (Wildman–Crippen MR) is 113 cm³/mol. The number of aryl methyl sites for hydroxylation is 4. The Labute approximate surface area is 170 Å². The molecule has 6 heteroatoms. The van der Waals surface area contributed by atoms with Crippen molar-refractivity contribution in [2.24, 2.45) is 0 Å². The Bertz CT molecular complexity index is 1010. The van der Waals surface area contributed by atoms with Crippen molar-refractivity contribution in [1.82, 2.24) is 9.97 Å². The minimum atomic E-state index is -0.225. The average Bonchev–Trinajstić information content (AvgIpc) is 2.66.